The Morgan fingerprint density at radius 1 is 1.17 bits per heavy atom. The van der Waals surface area contributed by atoms with Crippen LogP contribution in [-0.2, 0) is 0 Å². The number of benzene rings is 1. The van der Waals surface area contributed by atoms with Crippen molar-refractivity contribution in [2.24, 2.45) is 5.92 Å². The average Bonchev–Trinajstić information content (AvgIpc) is 2.61. The summed E-state index contributed by atoms with van der Waals surface area (Å²) in [5, 5.41) is 3.05. The smallest absolute Gasteiger partial charge is 0.251 e. The number of nitrogens with zero attached hydrogens (tertiary/aromatic N) is 2. The number of aromatic nitrogens is 1. The molecule has 0 bridgehead atoms. The fourth-order valence-corrected chi connectivity index (χ4v) is 3.11. The van der Waals surface area contributed by atoms with Crippen molar-refractivity contribution in [2.75, 3.05) is 24.5 Å². The van der Waals surface area contributed by atoms with Gasteiger partial charge in [0.05, 0.1) is 0 Å². The van der Waals surface area contributed by atoms with Crippen molar-refractivity contribution < 1.29 is 4.79 Å². The Kier molecular flexibility index (Phi) is 5.28. The maximum atomic E-state index is 12.1. The molecule has 0 radical (unpaired) electrons. The molecule has 1 aliphatic heterocycles. The van der Waals surface area contributed by atoms with Gasteiger partial charge in [-0.3, -0.25) is 4.79 Å². The number of carbonyl (C=O) groups is 1. The third kappa shape index (κ3) is 4.32. The molecule has 1 aromatic heterocycles. The van der Waals surface area contributed by atoms with Crippen LogP contribution >= 0.6 is 15.9 Å². The monoisotopic (exact) mass is 373 g/mol. The van der Waals surface area contributed by atoms with Crippen LogP contribution in [0.5, 0.6) is 0 Å². The van der Waals surface area contributed by atoms with Gasteiger partial charge in [0.15, 0.2) is 0 Å². The highest BCUT2D eigenvalue weighted by molar-refractivity contribution is 9.10. The number of halogens is 1. The summed E-state index contributed by atoms with van der Waals surface area (Å²) in [6.45, 7) is 2.73. The molecule has 1 fully saturated rings. The first-order valence-corrected chi connectivity index (χ1v) is 8.71. The van der Waals surface area contributed by atoms with E-state index in [-0.39, 0.29) is 5.91 Å². The number of anilines is 1. The predicted molar refractivity (Wildman–Crippen MR) is 95.6 cm³/mol. The molecular formula is C18H20BrN3O. The van der Waals surface area contributed by atoms with E-state index < -0.39 is 0 Å². The largest absolute Gasteiger partial charge is 0.357 e. The van der Waals surface area contributed by atoms with Crippen LogP contribution in [0.4, 0.5) is 5.82 Å². The van der Waals surface area contributed by atoms with Gasteiger partial charge in [-0.15, -0.1) is 0 Å². The van der Waals surface area contributed by atoms with E-state index in [2.05, 4.69) is 37.2 Å². The normalized spacial score (nSPS) is 15.4. The molecule has 4 nitrogen and oxygen atoms in total. The lowest BCUT2D eigenvalue weighted by molar-refractivity contribution is 0.0945. The third-order valence-corrected chi connectivity index (χ3v) is 4.77. The number of amides is 1. The number of nitrogens with one attached hydrogen (secondary N) is 1. The fraction of sp³-hybridized carbons (Fsp3) is 0.333. The van der Waals surface area contributed by atoms with E-state index in [4.69, 9.17) is 0 Å². The Morgan fingerprint density at radius 2 is 1.91 bits per heavy atom. The van der Waals surface area contributed by atoms with Gasteiger partial charge in [0.25, 0.3) is 5.91 Å². The second kappa shape index (κ2) is 7.59. The van der Waals surface area contributed by atoms with Gasteiger partial charge in [-0.05, 0) is 55.2 Å². The van der Waals surface area contributed by atoms with Gasteiger partial charge < -0.3 is 10.2 Å². The summed E-state index contributed by atoms with van der Waals surface area (Å²) in [6, 6.07) is 13.5. The van der Waals surface area contributed by atoms with Crippen LogP contribution in [0.25, 0.3) is 0 Å². The summed E-state index contributed by atoms with van der Waals surface area (Å²) in [4.78, 5) is 18.9. The van der Waals surface area contributed by atoms with Crippen LogP contribution in [0.1, 0.15) is 23.2 Å². The minimum Gasteiger partial charge on any atom is -0.357 e. The average molecular weight is 374 g/mol. The predicted octanol–water partition coefficient (Wildman–Crippen LogP) is 3.49. The molecule has 5 heteroatoms. The first-order chi connectivity index (χ1) is 11.2. The van der Waals surface area contributed by atoms with Crippen molar-refractivity contribution in [1.29, 1.82) is 0 Å². The first kappa shape index (κ1) is 16.0. The molecule has 1 saturated heterocycles. The quantitative estimate of drug-likeness (QED) is 0.891. The SMILES string of the molecule is O=C(NCC1CCN(c2ccccn2)CC1)c1ccc(Br)cc1. The van der Waals surface area contributed by atoms with Crippen LogP contribution in [-0.4, -0.2) is 30.5 Å². The lowest BCUT2D eigenvalue weighted by atomic mass is 9.96. The molecule has 120 valence electrons. The van der Waals surface area contributed by atoms with E-state index >= 15 is 0 Å². The number of piperidine rings is 1. The molecule has 0 atom stereocenters. The van der Waals surface area contributed by atoms with E-state index in [1.54, 1.807) is 0 Å². The standard InChI is InChI=1S/C18H20BrN3O/c19-16-6-4-15(5-7-16)18(23)21-13-14-8-11-22(12-9-14)17-3-1-2-10-20-17/h1-7,10,14H,8-9,11-13H2,(H,21,23). The maximum absolute atomic E-state index is 12.1. The molecule has 1 amide bonds. The number of hydrogen-bond donors (Lipinski definition) is 1. The van der Waals surface area contributed by atoms with Crippen molar-refractivity contribution in [2.45, 2.75) is 12.8 Å². The van der Waals surface area contributed by atoms with E-state index in [1.165, 1.54) is 0 Å². The van der Waals surface area contributed by atoms with Crippen molar-refractivity contribution in [3.63, 3.8) is 0 Å². The first-order valence-electron chi connectivity index (χ1n) is 7.92. The van der Waals surface area contributed by atoms with E-state index in [1.807, 2.05) is 42.6 Å². The van der Waals surface area contributed by atoms with Gasteiger partial charge >= 0.3 is 0 Å². The lowest BCUT2D eigenvalue weighted by Crippen LogP contribution is -2.39. The number of rotatable bonds is 4. The topological polar surface area (TPSA) is 45.2 Å². The van der Waals surface area contributed by atoms with Crippen LogP contribution < -0.4 is 10.2 Å². The zero-order valence-corrected chi connectivity index (χ0v) is 14.5. The molecule has 23 heavy (non-hydrogen) atoms. The van der Waals surface area contributed by atoms with Crippen molar-refractivity contribution in [3.05, 3.63) is 58.7 Å². The van der Waals surface area contributed by atoms with Gasteiger partial charge in [0, 0.05) is 35.9 Å². The Bertz CT molecular complexity index is 637. The van der Waals surface area contributed by atoms with Gasteiger partial charge in [-0.25, -0.2) is 4.98 Å². The Morgan fingerprint density at radius 3 is 2.57 bits per heavy atom. The third-order valence-electron chi connectivity index (χ3n) is 4.25. The van der Waals surface area contributed by atoms with Crippen molar-refractivity contribution in [3.8, 4) is 0 Å². The van der Waals surface area contributed by atoms with Gasteiger partial charge in [-0.1, -0.05) is 22.0 Å². The minimum atomic E-state index is 0.00431. The molecule has 0 spiro atoms. The second-order valence-corrected chi connectivity index (χ2v) is 6.75. The summed E-state index contributed by atoms with van der Waals surface area (Å²) >= 11 is 3.38. The van der Waals surface area contributed by atoms with Crippen LogP contribution in [0.2, 0.25) is 0 Å². The summed E-state index contributed by atoms with van der Waals surface area (Å²) < 4.78 is 0.982. The summed E-state index contributed by atoms with van der Waals surface area (Å²) in [7, 11) is 0. The second-order valence-electron chi connectivity index (χ2n) is 5.84. The molecular weight excluding hydrogens is 354 g/mol. The molecule has 0 saturated carbocycles. The molecule has 2 aromatic rings. The number of carbonyl (C=O) groups excluding carboxylic acids is 1. The maximum Gasteiger partial charge on any atom is 0.251 e. The summed E-state index contributed by atoms with van der Waals surface area (Å²) in [5.74, 6) is 1.59. The fourth-order valence-electron chi connectivity index (χ4n) is 2.85. The van der Waals surface area contributed by atoms with E-state index in [0.29, 0.717) is 11.5 Å². The molecule has 1 N–H and O–H groups in total. The Labute approximate surface area is 145 Å². The molecule has 0 aliphatic carbocycles. The van der Waals surface area contributed by atoms with Crippen molar-refractivity contribution >= 4 is 27.7 Å². The highest BCUT2D eigenvalue weighted by Crippen LogP contribution is 2.21. The number of pyridine rings is 1. The molecule has 3 rings (SSSR count). The Balaban J connectivity index is 1.46. The van der Waals surface area contributed by atoms with Crippen LogP contribution in [0.15, 0.2) is 53.1 Å². The zero-order chi connectivity index (χ0) is 16.1. The summed E-state index contributed by atoms with van der Waals surface area (Å²) in [5.41, 5.74) is 0.708. The lowest BCUT2D eigenvalue weighted by Gasteiger charge is -2.32. The minimum absolute atomic E-state index is 0.00431. The van der Waals surface area contributed by atoms with Crippen LogP contribution in [0.3, 0.4) is 0 Å². The number of hydrogen-bond acceptors (Lipinski definition) is 3. The Hall–Kier alpha value is -1.88. The van der Waals surface area contributed by atoms with Gasteiger partial charge in [-0.2, -0.15) is 0 Å². The zero-order valence-electron chi connectivity index (χ0n) is 12.9. The highest BCUT2D eigenvalue weighted by atomic mass is 79.9. The molecule has 0 unspecified atom stereocenters. The highest BCUT2D eigenvalue weighted by Gasteiger charge is 2.20. The molecule has 1 aliphatic rings. The van der Waals surface area contributed by atoms with E-state index in [0.717, 1.165) is 42.8 Å². The van der Waals surface area contributed by atoms with Crippen molar-refractivity contribution in [1.82, 2.24) is 10.3 Å². The van der Waals surface area contributed by atoms with E-state index in [9.17, 15) is 4.79 Å². The molecule has 2 heterocycles. The molecule has 1 aromatic carbocycles. The van der Waals surface area contributed by atoms with Crippen LogP contribution in [0, 0.1) is 5.92 Å². The van der Waals surface area contributed by atoms with Gasteiger partial charge in [0.2, 0.25) is 0 Å². The van der Waals surface area contributed by atoms with Gasteiger partial charge in [0.1, 0.15) is 5.82 Å². The summed E-state index contributed by atoms with van der Waals surface area (Å²) in [6.07, 6.45) is 3.99.